The Morgan fingerprint density at radius 1 is 1.05 bits per heavy atom. The number of carbonyl (C=O) groups excluding carboxylic acids is 2. The van der Waals surface area contributed by atoms with Gasteiger partial charge in [0.2, 0.25) is 5.91 Å². The Morgan fingerprint density at radius 3 is 2.36 bits per heavy atom. The molecule has 2 aromatic rings. The van der Waals surface area contributed by atoms with Crippen molar-refractivity contribution in [1.29, 1.82) is 0 Å². The van der Waals surface area contributed by atoms with E-state index < -0.39 is 0 Å². The lowest BCUT2D eigenvalue weighted by molar-refractivity contribution is -0.119. The summed E-state index contributed by atoms with van der Waals surface area (Å²) in [5.41, 5.74) is 0.541. The highest BCUT2D eigenvalue weighted by Crippen LogP contribution is 2.21. The Kier molecular flexibility index (Phi) is 4.05. The van der Waals surface area contributed by atoms with Crippen LogP contribution in [-0.4, -0.2) is 24.4 Å². The smallest absolute Gasteiger partial charge is 0.251 e. The van der Waals surface area contributed by atoms with Crippen molar-refractivity contribution in [3.8, 4) is 11.5 Å². The standard InChI is InChI=1S/C17H16N2O3/c20-16-10-13(11-18-16)19-17(21)12-6-8-15(9-7-12)22-14-4-2-1-3-5-14/h1-9,13H,10-11H2,(H,18,20)(H,19,21)/t13-/m0/s1. The topological polar surface area (TPSA) is 67.4 Å². The van der Waals surface area contributed by atoms with Crippen molar-refractivity contribution in [3.05, 3.63) is 60.2 Å². The minimum Gasteiger partial charge on any atom is -0.457 e. The summed E-state index contributed by atoms with van der Waals surface area (Å²) in [6, 6.07) is 16.2. The quantitative estimate of drug-likeness (QED) is 0.908. The van der Waals surface area contributed by atoms with Crippen LogP contribution in [0.25, 0.3) is 0 Å². The van der Waals surface area contributed by atoms with Gasteiger partial charge in [-0.2, -0.15) is 0 Å². The molecule has 0 bridgehead atoms. The van der Waals surface area contributed by atoms with Crippen LogP contribution in [0.4, 0.5) is 0 Å². The van der Waals surface area contributed by atoms with Crippen LogP contribution in [0.5, 0.6) is 11.5 Å². The summed E-state index contributed by atoms with van der Waals surface area (Å²) in [6.45, 7) is 0.486. The number of benzene rings is 2. The van der Waals surface area contributed by atoms with Crippen LogP contribution in [0.2, 0.25) is 0 Å². The molecule has 0 aromatic heterocycles. The third kappa shape index (κ3) is 3.44. The van der Waals surface area contributed by atoms with E-state index in [0.717, 1.165) is 5.75 Å². The van der Waals surface area contributed by atoms with Gasteiger partial charge < -0.3 is 15.4 Å². The molecule has 1 aliphatic rings. The Balaban J connectivity index is 1.61. The highest BCUT2D eigenvalue weighted by Gasteiger charge is 2.23. The fraction of sp³-hybridized carbons (Fsp3) is 0.176. The summed E-state index contributed by atoms with van der Waals surface area (Å²) in [5, 5.41) is 5.52. The second-order valence-corrected chi connectivity index (χ2v) is 5.12. The maximum absolute atomic E-state index is 12.1. The lowest BCUT2D eigenvalue weighted by Crippen LogP contribution is -2.36. The average Bonchev–Trinajstić information content (AvgIpc) is 2.94. The highest BCUT2D eigenvalue weighted by atomic mass is 16.5. The van der Waals surface area contributed by atoms with Crippen LogP contribution in [-0.2, 0) is 4.79 Å². The van der Waals surface area contributed by atoms with Crippen molar-refractivity contribution in [2.75, 3.05) is 6.54 Å². The second kappa shape index (κ2) is 6.30. The van der Waals surface area contributed by atoms with Gasteiger partial charge in [0, 0.05) is 18.5 Å². The number of para-hydroxylation sites is 1. The number of rotatable bonds is 4. The van der Waals surface area contributed by atoms with Crippen LogP contribution >= 0.6 is 0 Å². The molecular weight excluding hydrogens is 280 g/mol. The molecule has 22 heavy (non-hydrogen) atoms. The van der Waals surface area contributed by atoms with Crippen LogP contribution in [0.1, 0.15) is 16.8 Å². The molecule has 0 saturated carbocycles. The molecule has 1 saturated heterocycles. The molecule has 0 unspecified atom stereocenters. The van der Waals surface area contributed by atoms with Crippen LogP contribution < -0.4 is 15.4 Å². The number of hydrogen-bond donors (Lipinski definition) is 2. The first kappa shape index (κ1) is 14.1. The molecule has 2 N–H and O–H groups in total. The van der Waals surface area contributed by atoms with E-state index in [2.05, 4.69) is 10.6 Å². The molecule has 0 radical (unpaired) electrons. The van der Waals surface area contributed by atoms with Gasteiger partial charge in [0.1, 0.15) is 11.5 Å². The van der Waals surface area contributed by atoms with Crippen molar-refractivity contribution < 1.29 is 14.3 Å². The van der Waals surface area contributed by atoms with Gasteiger partial charge in [0.05, 0.1) is 6.04 Å². The van der Waals surface area contributed by atoms with Gasteiger partial charge in [0.25, 0.3) is 5.91 Å². The predicted octanol–water partition coefficient (Wildman–Crippen LogP) is 2.10. The number of ether oxygens (including phenoxy) is 1. The van der Waals surface area contributed by atoms with E-state index >= 15 is 0 Å². The van der Waals surface area contributed by atoms with Crippen LogP contribution in [0, 0.1) is 0 Å². The summed E-state index contributed by atoms with van der Waals surface area (Å²) in [7, 11) is 0. The van der Waals surface area contributed by atoms with Crippen LogP contribution in [0.3, 0.4) is 0 Å². The van der Waals surface area contributed by atoms with E-state index in [1.807, 2.05) is 30.3 Å². The molecule has 1 fully saturated rings. The molecule has 0 spiro atoms. The fourth-order valence-electron chi connectivity index (χ4n) is 2.27. The first-order chi connectivity index (χ1) is 10.7. The van der Waals surface area contributed by atoms with Crippen molar-refractivity contribution in [2.24, 2.45) is 0 Å². The zero-order valence-electron chi connectivity index (χ0n) is 11.9. The Hall–Kier alpha value is -2.82. The highest BCUT2D eigenvalue weighted by molar-refractivity contribution is 5.95. The summed E-state index contributed by atoms with van der Waals surface area (Å²) in [5.74, 6) is 1.19. The molecule has 3 rings (SSSR count). The Bertz CT molecular complexity index is 668. The minimum atomic E-state index is -0.187. The van der Waals surface area contributed by atoms with E-state index in [0.29, 0.717) is 24.3 Å². The van der Waals surface area contributed by atoms with Gasteiger partial charge in [-0.05, 0) is 36.4 Å². The maximum atomic E-state index is 12.1. The van der Waals surface area contributed by atoms with Crippen molar-refractivity contribution >= 4 is 11.8 Å². The molecule has 1 atom stereocenters. The van der Waals surface area contributed by atoms with Crippen molar-refractivity contribution in [2.45, 2.75) is 12.5 Å². The molecule has 2 aromatic carbocycles. The zero-order chi connectivity index (χ0) is 15.4. The SMILES string of the molecule is O=C1C[C@H](NC(=O)c2ccc(Oc3ccccc3)cc2)CN1. The van der Waals surface area contributed by atoms with Gasteiger partial charge in [-0.1, -0.05) is 18.2 Å². The molecule has 1 heterocycles. The van der Waals surface area contributed by atoms with Gasteiger partial charge in [-0.25, -0.2) is 0 Å². The number of hydrogen-bond acceptors (Lipinski definition) is 3. The van der Waals surface area contributed by atoms with Gasteiger partial charge in [-0.15, -0.1) is 0 Å². The molecule has 1 aliphatic heterocycles. The maximum Gasteiger partial charge on any atom is 0.251 e. The molecule has 2 amide bonds. The number of carbonyl (C=O) groups is 2. The summed E-state index contributed by atoms with van der Waals surface area (Å²) in [4.78, 5) is 23.2. The van der Waals surface area contributed by atoms with Gasteiger partial charge >= 0.3 is 0 Å². The van der Waals surface area contributed by atoms with Crippen LogP contribution in [0.15, 0.2) is 54.6 Å². The number of nitrogens with one attached hydrogen (secondary N) is 2. The Labute approximate surface area is 128 Å². The second-order valence-electron chi connectivity index (χ2n) is 5.12. The first-order valence-corrected chi connectivity index (χ1v) is 7.11. The monoisotopic (exact) mass is 296 g/mol. The number of amides is 2. The predicted molar refractivity (Wildman–Crippen MR) is 81.8 cm³/mol. The van der Waals surface area contributed by atoms with E-state index in [1.54, 1.807) is 24.3 Å². The summed E-state index contributed by atoms with van der Waals surface area (Å²) >= 11 is 0. The zero-order valence-corrected chi connectivity index (χ0v) is 11.9. The largest absolute Gasteiger partial charge is 0.457 e. The van der Waals surface area contributed by atoms with Crippen molar-refractivity contribution in [1.82, 2.24) is 10.6 Å². The molecule has 5 nitrogen and oxygen atoms in total. The van der Waals surface area contributed by atoms with E-state index in [-0.39, 0.29) is 17.9 Å². The van der Waals surface area contributed by atoms with E-state index in [1.165, 1.54) is 0 Å². The fourth-order valence-corrected chi connectivity index (χ4v) is 2.27. The molecular formula is C17H16N2O3. The summed E-state index contributed by atoms with van der Waals surface area (Å²) < 4.78 is 5.67. The van der Waals surface area contributed by atoms with E-state index in [9.17, 15) is 9.59 Å². The first-order valence-electron chi connectivity index (χ1n) is 7.11. The van der Waals surface area contributed by atoms with E-state index in [4.69, 9.17) is 4.74 Å². The molecule has 112 valence electrons. The minimum absolute atomic E-state index is 0.0306. The molecule has 5 heteroatoms. The average molecular weight is 296 g/mol. The lowest BCUT2D eigenvalue weighted by atomic mass is 10.2. The normalized spacial score (nSPS) is 16.9. The lowest BCUT2D eigenvalue weighted by Gasteiger charge is -2.11. The summed E-state index contributed by atoms with van der Waals surface area (Å²) in [6.07, 6.45) is 0.334. The van der Waals surface area contributed by atoms with Gasteiger partial charge in [-0.3, -0.25) is 9.59 Å². The third-order valence-electron chi connectivity index (χ3n) is 3.41. The van der Waals surface area contributed by atoms with Crippen molar-refractivity contribution in [3.63, 3.8) is 0 Å². The molecule has 0 aliphatic carbocycles. The Morgan fingerprint density at radius 2 is 1.73 bits per heavy atom. The third-order valence-corrected chi connectivity index (χ3v) is 3.41. The van der Waals surface area contributed by atoms with Gasteiger partial charge in [0.15, 0.2) is 0 Å².